The third-order valence-corrected chi connectivity index (χ3v) is 5.09. The van der Waals surface area contributed by atoms with Crippen molar-refractivity contribution >= 4 is 33.8 Å². The molecular weight excluding hydrogens is 384 g/mol. The van der Waals surface area contributed by atoms with Crippen molar-refractivity contribution in [1.29, 1.82) is 0 Å². The fraction of sp³-hybridized carbons (Fsp3) is 0.0455. The lowest BCUT2D eigenvalue weighted by atomic mass is 10.2. The Kier molecular flexibility index (Phi) is 5.49. The van der Waals surface area contributed by atoms with Crippen LogP contribution in [-0.4, -0.2) is 23.2 Å². The van der Waals surface area contributed by atoms with Gasteiger partial charge in [0.1, 0.15) is 10.8 Å². The molecule has 29 heavy (non-hydrogen) atoms. The highest BCUT2D eigenvalue weighted by molar-refractivity contribution is 7.18. The van der Waals surface area contributed by atoms with Crippen LogP contribution in [0.1, 0.15) is 10.4 Å². The van der Waals surface area contributed by atoms with E-state index in [0.29, 0.717) is 10.7 Å². The van der Waals surface area contributed by atoms with E-state index in [1.165, 1.54) is 11.3 Å². The Morgan fingerprint density at radius 2 is 1.62 bits per heavy atom. The minimum absolute atomic E-state index is 0.141. The summed E-state index contributed by atoms with van der Waals surface area (Å²) in [4.78, 5) is 12.2. The van der Waals surface area contributed by atoms with E-state index in [2.05, 4.69) is 20.8 Å². The number of benzene rings is 3. The lowest BCUT2D eigenvalue weighted by Gasteiger charge is -2.07. The molecule has 1 heterocycles. The van der Waals surface area contributed by atoms with Crippen molar-refractivity contribution in [2.75, 3.05) is 17.7 Å². The zero-order chi connectivity index (χ0) is 20.1. The average Bonchev–Trinajstić information content (AvgIpc) is 3.24. The highest BCUT2D eigenvalue weighted by atomic mass is 32.1. The fourth-order valence-electron chi connectivity index (χ4n) is 2.74. The summed E-state index contributed by atoms with van der Waals surface area (Å²) in [7, 11) is 1.63. The molecule has 0 aliphatic rings. The third-order valence-electron chi connectivity index (χ3n) is 4.20. The summed E-state index contributed by atoms with van der Waals surface area (Å²) in [6.45, 7) is 0. The van der Waals surface area contributed by atoms with Crippen molar-refractivity contribution in [3.63, 3.8) is 0 Å². The minimum Gasteiger partial charge on any atom is -0.495 e. The number of amides is 1. The summed E-state index contributed by atoms with van der Waals surface area (Å²) in [6, 6.07) is 24.3. The van der Waals surface area contributed by atoms with E-state index in [1.807, 2.05) is 66.7 Å². The Labute approximate surface area is 172 Å². The lowest BCUT2D eigenvalue weighted by molar-refractivity contribution is 0.102. The zero-order valence-electron chi connectivity index (χ0n) is 15.6. The molecule has 2 N–H and O–H groups in total. The molecule has 7 heteroatoms. The monoisotopic (exact) mass is 402 g/mol. The second-order valence-corrected chi connectivity index (χ2v) is 7.11. The van der Waals surface area contributed by atoms with Crippen LogP contribution in [0.3, 0.4) is 0 Å². The lowest BCUT2D eigenvalue weighted by Crippen LogP contribution is -2.11. The molecule has 0 aliphatic carbocycles. The minimum atomic E-state index is -0.141. The number of hydrogen-bond donors (Lipinski definition) is 2. The van der Waals surface area contributed by atoms with Crippen LogP contribution in [0.4, 0.5) is 16.5 Å². The second kappa shape index (κ2) is 8.53. The number of nitrogens with one attached hydrogen (secondary N) is 2. The van der Waals surface area contributed by atoms with Gasteiger partial charge in [-0.2, -0.15) is 0 Å². The van der Waals surface area contributed by atoms with Crippen LogP contribution in [0.15, 0.2) is 78.9 Å². The van der Waals surface area contributed by atoms with Crippen molar-refractivity contribution in [3.8, 4) is 16.3 Å². The van der Waals surface area contributed by atoms with Gasteiger partial charge in [-0.25, -0.2) is 0 Å². The summed E-state index contributed by atoms with van der Waals surface area (Å²) >= 11 is 1.44. The molecule has 0 saturated heterocycles. The molecule has 0 fully saturated rings. The van der Waals surface area contributed by atoms with Crippen LogP contribution in [0.5, 0.6) is 5.75 Å². The van der Waals surface area contributed by atoms with Crippen LogP contribution in [0, 0.1) is 0 Å². The standard InChI is InChI=1S/C22H18N4O2S/c1-28-19-10-6-5-9-18(19)24-22-26-25-21(29-22)16-11-13-17(14-12-16)23-20(27)15-7-3-2-4-8-15/h2-14H,1H3,(H,23,27)(H,24,26). The molecule has 0 bridgehead atoms. The first-order valence-corrected chi connectivity index (χ1v) is 9.75. The van der Waals surface area contributed by atoms with Gasteiger partial charge < -0.3 is 15.4 Å². The molecular formula is C22H18N4O2S. The molecule has 0 aliphatic heterocycles. The summed E-state index contributed by atoms with van der Waals surface area (Å²) in [5, 5.41) is 16.0. The van der Waals surface area contributed by atoms with E-state index in [-0.39, 0.29) is 5.91 Å². The first-order chi connectivity index (χ1) is 14.2. The fourth-order valence-corrected chi connectivity index (χ4v) is 3.50. The summed E-state index contributed by atoms with van der Waals surface area (Å²) in [5.74, 6) is 0.598. The molecule has 0 spiro atoms. The highest BCUT2D eigenvalue weighted by Gasteiger charge is 2.10. The maximum absolute atomic E-state index is 12.2. The molecule has 1 aromatic heterocycles. The van der Waals surface area contributed by atoms with Crippen LogP contribution >= 0.6 is 11.3 Å². The van der Waals surface area contributed by atoms with E-state index >= 15 is 0 Å². The molecule has 1 amide bonds. The van der Waals surface area contributed by atoms with Crippen LogP contribution in [0.25, 0.3) is 10.6 Å². The molecule has 144 valence electrons. The van der Waals surface area contributed by atoms with Crippen molar-refractivity contribution in [3.05, 3.63) is 84.4 Å². The van der Waals surface area contributed by atoms with Gasteiger partial charge in [-0.05, 0) is 48.5 Å². The number of ether oxygens (including phenoxy) is 1. The number of carbonyl (C=O) groups is 1. The van der Waals surface area contributed by atoms with Crippen molar-refractivity contribution in [1.82, 2.24) is 10.2 Å². The predicted molar refractivity (Wildman–Crippen MR) is 116 cm³/mol. The maximum Gasteiger partial charge on any atom is 0.255 e. The van der Waals surface area contributed by atoms with Crippen LogP contribution < -0.4 is 15.4 Å². The second-order valence-electron chi connectivity index (χ2n) is 6.14. The summed E-state index contributed by atoms with van der Waals surface area (Å²) in [6.07, 6.45) is 0. The summed E-state index contributed by atoms with van der Waals surface area (Å²) in [5.41, 5.74) is 3.09. The average molecular weight is 402 g/mol. The van der Waals surface area contributed by atoms with Gasteiger partial charge in [-0.15, -0.1) is 10.2 Å². The van der Waals surface area contributed by atoms with Gasteiger partial charge >= 0.3 is 0 Å². The molecule has 0 unspecified atom stereocenters. The van der Waals surface area contributed by atoms with Crippen molar-refractivity contribution in [2.45, 2.75) is 0 Å². The molecule has 6 nitrogen and oxygen atoms in total. The Balaban J connectivity index is 1.45. The molecule has 0 radical (unpaired) electrons. The number of anilines is 3. The highest BCUT2D eigenvalue weighted by Crippen LogP contribution is 2.32. The Morgan fingerprint density at radius 1 is 0.897 bits per heavy atom. The van der Waals surface area contributed by atoms with E-state index in [0.717, 1.165) is 27.7 Å². The maximum atomic E-state index is 12.2. The Morgan fingerprint density at radius 3 is 2.38 bits per heavy atom. The quantitative estimate of drug-likeness (QED) is 0.463. The van der Waals surface area contributed by atoms with Gasteiger partial charge in [0.05, 0.1) is 12.8 Å². The van der Waals surface area contributed by atoms with Gasteiger partial charge in [-0.1, -0.05) is 41.7 Å². The Hall–Kier alpha value is -3.71. The molecule has 4 aromatic rings. The zero-order valence-corrected chi connectivity index (χ0v) is 16.4. The first kappa shape index (κ1) is 18.6. The molecule has 4 rings (SSSR count). The largest absolute Gasteiger partial charge is 0.495 e. The van der Waals surface area contributed by atoms with Crippen molar-refractivity contribution < 1.29 is 9.53 Å². The van der Waals surface area contributed by atoms with Gasteiger partial charge in [0.25, 0.3) is 5.91 Å². The van der Waals surface area contributed by atoms with Gasteiger partial charge in [0, 0.05) is 16.8 Å². The number of carbonyl (C=O) groups excluding carboxylic acids is 1. The van der Waals surface area contributed by atoms with Gasteiger partial charge in [0.15, 0.2) is 0 Å². The SMILES string of the molecule is COc1ccccc1Nc1nnc(-c2ccc(NC(=O)c3ccccc3)cc2)s1. The molecule has 0 atom stereocenters. The smallest absolute Gasteiger partial charge is 0.255 e. The predicted octanol–water partition coefficient (Wildman–Crippen LogP) is 5.21. The number of rotatable bonds is 6. The van der Waals surface area contributed by atoms with Crippen LogP contribution in [-0.2, 0) is 0 Å². The number of para-hydroxylation sites is 2. The van der Waals surface area contributed by atoms with E-state index in [4.69, 9.17) is 4.74 Å². The van der Waals surface area contributed by atoms with E-state index < -0.39 is 0 Å². The van der Waals surface area contributed by atoms with Crippen molar-refractivity contribution in [2.24, 2.45) is 0 Å². The van der Waals surface area contributed by atoms with Gasteiger partial charge in [0.2, 0.25) is 5.13 Å². The van der Waals surface area contributed by atoms with Gasteiger partial charge in [-0.3, -0.25) is 4.79 Å². The number of aromatic nitrogens is 2. The number of methoxy groups -OCH3 is 1. The van der Waals surface area contributed by atoms with Crippen LogP contribution in [0.2, 0.25) is 0 Å². The first-order valence-electron chi connectivity index (χ1n) is 8.93. The third kappa shape index (κ3) is 4.41. The van der Waals surface area contributed by atoms with E-state index in [1.54, 1.807) is 19.2 Å². The number of hydrogen-bond acceptors (Lipinski definition) is 6. The number of nitrogens with zero attached hydrogens (tertiary/aromatic N) is 2. The topological polar surface area (TPSA) is 76.1 Å². The molecule has 3 aromatic carbocycles. The Bertz CT molecular complexity index is 1110. The normalized spacial score (nSPS) is 10.4. The summed E-state index contributed by atoms with van der Waals surface area (Å²) < 4.78 is 5.35. The molecule has 0 saturated carbocycles. The van der Waals surface area contributed by atoms with E-state index in [9.17, 15) is 4.79 Å².